The molecule has 0 aliphatic heterocycles. The molecule has 0 fully saturated rings. The average molecular weight is 327 g/mol. The Balaban J connectivity index is 2.24. The summed E-state index contributed by atoms with van der Waals surface area (Å²) in [6.07, 6.45) is -0.628. The summed E-state index contributed by atoms with van der Waals surface area (Å²) in [6.45, 7) is 2.04. The van der Waals surface area contributed by atoms with E-state index in [1.54, 1.807) is 0 Å². The second-order valence-electron chi connectivity index (χ2n) is 4.94. The maximum atomic E-state index is 10.8. The Morgan fingerprint density at radius 2 is 1.60 bits per heavy atom. The minimum absolute atomic E-state index is 0.628. The minimum atomic E-state index is -0.628. The lowest BCUT2D eigenvalue weighted by molar-refractivity contribution is 0.220. The molecule has 0 saturated carbocycles. The summed E-state index contributed by atoms with van der Waals surface area (Å²) in [5.41, 5.74) is 2.98. The summed E-state index contributed by atoms with van der Waals surface area (Å²) in [7, 11) is 0. The van der Waals surface area contributed by atoms with Crippen LogP contribution < -0.4 is 0 Å². The first-order valence-corrected chi connectivity index (χ1v) is 7.38. The van der Waals surface area contributed by atoms with Crippen molar-refractivity contribution in [1.29, 1.82) is 0 Å². The molecular formula is C18H15BrO. The molecule has 0 aromatic heterocycles. The molecule has 0 bridgehead atoms. The topological polar surface area (TPSA) is 20.2 Å². The van der Waals surface area contributed by atoms with Gasteiger partial charge in [-0.05, 0) is 40.5 Å². The van der Waals surface area contributed by atoms with Gasteiger partial charge in [0.15, 0.2) is 0 Å². The summed E-state index contributed by atoms with van der Waals surface area (Å²) in [5, 5.41) is 13.1. The van der Waals surface area contributed by atoms with Crippen molar-refractivity contribution >= 4 is 26.7 Å². The molecule has 0 aliphatic rings. The predicted molar refractivity (Wildman–Crippen MR) is 86.9 cm³/mol. The van der Waals surface area contributed by atoms with Crippen molar-refractivity contribution in [3.05, 3.63) is 81.8 Å². The van der Waals surface area contributed by atoms with E-state index in [2.05, 4.69) is 40.2 Å². The van der Waals surface area contributed by atoms with Gasteiger partial charge in [0, 0.05) is 4.47 Å². The molecule has 0 aliphatic carbocycles. The highest BCUT2D eigenvalue weighted by Crippen LogP contribution is 2.34. The highest BCUT2D eigenvalue weighted by molar-refractivity contribution is 9.10. The van der Waals surface area contributed by atoms with E-state index in [1.165, 1.54) is 0 Å². The van der Waals surface area contributed by atoms with Crippen LogP contribution in [0.2, 0.25) is 0 Å². The van der Waals surface area contributed by atoms with Crippen LogP contribution in [0.5, 0.6) is 0 Å². The fourth-order valence-corrected chi connectivity index (χ4v) is 3.12. The van der Waals surface area contributed by atoms with Crippen molar-refractivity contribution in [3.63, 3.8) is 0 Å². The number of fused-ring (bicyclic) bond motifs is 1. The summed E-state index contributed by atoms with van der Waals surface area (Å²) in [6, 6.07) is 20.2. The number of rotatable bonds is 2. The van der Waals surface area contributed by atoms with Gasteiger partial charge < -0.3 is 5.11 Å². The zero-order valence-electron chi connectivity index (χ0n) is 11.2. The van der Waals surface area contributed by atoms with Crippen LogP contribution in [0.25, 0.3) is 10.8 Å². The van der Waals surface area contributed by atoms with Crippen LogP contribution >= 0.6 is 15.9 Å². The van der Waals surface area contributed by atoms with Gasteiger partial charge in [-0.3, -0.25) is 0 Å². The molecule has 3 aromatic rings. The van der Waals surface area contributed by atoms with Crippen molar-refractivity contribution in [1.82, 2.24) is 0 Å². The molecule has 2 heteroatoms. The van der Waals surface area contributed by atoms with Gasteiger partial charge in [0.1, 0.15) is 6.10 Å². The summed E-state index contributed by atoms with van der Waals surface area (Å²) < 4.78 is 0.930. The number of halogens is 1. The third kappa shape index (κ3) is 2.26. The SMILES string of the molecule is Cc1ccc2ccccc2c1[C@@H](O)c1ccccc1Br. The van der Waals surface area contributed by atoms with E-state index in [0.717, 1.165) is 31.9 Å². The minimum Gasteiger partial charge on any atom is -0.384 e. The first kappa shape index (κ1) is 13.3. The van der Waals surface area contributed by atoms with Crippen LogP contribution in [0.4, 0.5) is 0 Å². The Bertz CT molecular complexity index is 764. The van der Waals surface area contributed by atoms with Crippen molar-refractivity contribution < 1.29 is 5.11 Å². The van der Waals surface area contributed by atoms with Crippen LogP contribution in [0, 0.1) is 6.92 Å². The second-order valence-corrected chi connectivity index (χ2v) is 5.80. The lowest BCUT2D eigenvalue weighted by Gasteiger charge is -2.18. The van der Waals surface area contributed by atoms with Gasteiger partial charge in [-0.25, -0.2) is 0 Å². The zero-order valence-corrected chi connectivity index (χ0v) is 12.8. The van der Waals surface area contributed by atoms with Gasteiger partial charge in [-0.15, -0.1) is 0 Å². The van der Waals surface area contributed by atoms with Gasteiger partial charge in [0.05, 0.1) is 0 Å². The molecule has 3 rings (SSSR count). The van der Waals surface area contributed by atoms with Gasteiger partial charge in [-0.2, -0.15) is 0 Å². The van der Waals surface area contributed by atoms with E-state index in [-0.39, 0.29) is 0 Å². The first-order chi connectivity index (χ1) is 9.68. The standard InChI is InChI=1S/C18H15BrO/c1-12-10-11-13-6-2-3-7-14(13)17(12)18(20)15-8-4-5-9-16(15)19/h2-11,18,20H,1H3/t18-/m0/s1. The Labute approximate surface area is 127 Å². The summed E-state index contributed by atoms with van der Waals surface area (Å²) in [4.78, 5) is 0. The monoisotopic (exact) mass is 326 g/mol. The summed E-state index contributed by atoms with van der Waals surface area (Å²) in [5.74, 6) is 0. The molecule has 3 aromatic carbocycles. The molecule has 0 unspecified atom stereocenters. The van der Waals surface area contributed by atoms with Gasteiger partial charge in [0.25, 0.3) is 0 Å². The van der Waals surface area contributed by atoms with E-state index in [9.17, 15) is 5.11 Å². The lowest BCUT2D eigenvalue weighted by Crippen LogP contribution is -2.04. The van der Waals surface area contributed by atoms with Crippen molar-refractivity contribution in [2.75, 3.05) is 0 Å². The van der Waals surface area contributed by atoms with Crippen LogP contribution in [0.15, 0.2) is 65.1 Å². The van der Waals surface area contributed by atoms with E-state index >= 15 is 0 Å². The Hall–Kier alpha value is -1.64. The summed E-state index contributed by atoms with van der Waals surface area (Å²) >= 11 is 3.52. The number of hydrogen-bond acceptors (Lipinski definition) is 1. The molecule has 1 atom stereocenters. The van der Waals surface area contributed by atoms with Crippen LogP contribution in [-0.2, 0) is 0 Å². The van der Waals surface area contributed by atoms with Crippen LogP contribution in [0.1, 0.15) is 22.8 Å². The molecule has 0 amide bonds. The number of aliphatic hydroxyl groups excluding tert-OH is 1. The van der Waals surface area contributed by atoms with Crippen molar-refractivity contribution in [3.8, 4) is 0 Å². The molecule has 100 valence electrons. The average Bonchev–Trinajstić information content (AvgIpc) is 2.47. The third-order valence-electron chi connectivity index (χ3n) is 3.66. The molecule has 1 N–H and O–H groups in total. The number of aliphatic hydroxyl groups is 1. The van der Waals surface area contributed by atoms with Gasteiger partial charge in [0.2, 0.25) is 0 Å². The van der Waals surface area contributed by atoms with Crippen LogP contribution in [-0.4, -0.2) is 5.11 Å². The van der Waals surface area contributed by atoms with Gasteiger partial charge >= 0.3 is 0 Å². The zero-order chi connectivity index (χ0) is 14.1. The Morgan fingerprint density at radius 3 is 2.40 bits per heavy atom. The highest BCUT2D eigenvalue weighted by atomic mass is 79.9. The Morgan fingerprint density at radius 1 is 0.900 bits per heavy atom. The molecule has 20 heavy (non-hydrogen) atoms. The van der Waals surface area contributed by atoms with E-state index in [0.29, 0.717) is 0 Å². The molecule has 0 radical (unpaired) electrons. The third-order valence-corrected chi connectivity index (χ3v) is 4.38. The van der Waals surface area contributed by atoms with E-state index in [4.69, 9.17) is 0 Å². The number of aryl methyl sites for hydroxylation is 1. The quantitative estimate of drug-likeness (QED) is 0.703. The second kappa shape index (κ2) is 5.39. The fraction of sp³-hybridized carbons (Fsp3) is 0.111. The number of benzene rings is 3. The van der Waals surface area contributed by atoms with Crippen molar-refractivity contribution in [2.45, 2.75) is 13.0 Å². The molecular weight excluding hydrogens is 312 g/mol. The van der Waals surface area contributed by atoms with E-state index in [1.807, 2.05) is 43.3 Å². The molecule has 1 nitrogen and oxygen atoms in total. The molecule has 0 saturated heterocycles. The normalized spacial score (nSPS) is 12.6. The van der Waals surface area contributed by atoms with E-state index < -0.39 is 6.10 Å². The van der Waals surface area contributed by atoms with Gasteiger partial charge in [-0.1, -0.05) is 70.5 Å². The van der Waals surface area contributed by atoms with Crippen LogP contribution in [0.3, 0.4) is 0 Å². The smallest absolute Gasteiger partial charge is 0.106 e. The Kier molecular flexibility index (Phi) is 3.60. The maximum absolute atomic E-state index is 10.8. The fourth-order valence-electron chi connectivity index (χ4n) is 2.62. The highest BCUT2D eigenvalue weighted by Gasteiger charge is 2.17. The number of hydrogen-bond donors (Lipinski definition) is 1. The molecule has 0 heterocycles. The maximum Gasteiger partial charge on any atom is 0.106 e. The first-order valence-electron chi connectivity index (χ1n) is 6.59. The lowest BCUT2D eigenvalue weighted by atomic mass is 9.92. The predicted octanol–water partition coefficient (Wildman–Crippen LogP) is 4.99. The van der Waals surface area contributed by atoms with Crippen molar-refractivity contribution in [2.24, 2.45) is 0 Å². The largest absolute Gasteiger partial charge is 0.384 e. The molecule has 0 spiro atoms.